The third-order valence-electron chi connectivity index (χ3n) is 4.92. The minimum absolute atomic E-state index is 0.00992. The molecular formula is C21H23ClN4O5. The first-order valence-electron chi connectivity index (χ1n) is 9.52. The Hall–Kier alpha value is -3.30. The summed E-state index contributed by atoms with van der Waals surface area (Å²) in [4.78, 5) is 39.9. The number of benzene rings is 2. The van der Waals surface area contributed by atoms with Crippen LogP contribution < -0.4 is 15.5 Å². The van der Waals surface area contributed by atoms with Gasteiger partial charge in [-0.2, -0.15) is 0 Å². The molecule has 2 aromatic rings. The number of urea groups is 1. The second-order valence-electron chi connectivity index (χ2n) is 7.42. The van der Waals surface area contributed by atoms with E-state index in [0.717, 1.165) is 0 Å². The standard InChI is InChI=1S/C21H23ClN4O5/c1-25(2)17-9-12(20(29)30)3-8-16(17)24-19(28)18-10-15(27)11-26(18)21(31)23-14-6-4-13(22)5-7-14/h3-9,15,18,27H,10-11H2,1-2H3,(H,23,31)(H,24,28)(H,29,30). The van der Waals surface area contributed by atoms with Gasteiger partial charge in [0.15, 0.2) is 0 Å². The third-order valence-corrected chi connectivity index (χ3v) is 5.17. The maximum atomic E-state index is 13.0. The molecule has 10 heteroatoms. The second-order valence-corrected chi connectivity index (χ2v) is 7.85. The van der Waals surface area contributed by atoms with Gasteiger partial charge in [-0.15, -0.1) is 0 Å². The van der Waals surface area contributed by atoms with Gasteiger partial charge in [-0.1, -0.05) is 11.6 Å². The number of aliphatic hydroxyl groups excluding tert-OH is 1. The molecule has 1 aliphatic heterocycles. The van der Waals surface area contributed by atoms with Crippen LogP contribution in [0.25, 0.3) is 0 Å². The van der Waals surface area contributed by atoms with Gasteiger partial charge in [0, 0.05) is 37.8 Å². The van der Waals surface area contributed by atoms with Crippen LogP contribution in [-0.2, 0) is 4.79 Å². The van der Waals surface area contributed by atoms with E-state index >= 15 is 0 Å². The zero-order chi connectivity index (χ0) is 22.7. The van der Waals surface area contributed by atoms with E-state index in [1.165, 1.54) is 23.1 Å². The summed E-state index contributed by atoms with van der Waals surface area (Å²) in [6.45, 7) is 0.00992. The molecule has 164 valence electrons. The smallest absolute Gasteiger partial charge is 0.335 e. The molecule has 31 heavy (non-hydrogen) atoms. The van der Waals surface area contributed by atoms with Crippen LogP contribution in [-0.4, -0.2) is 65.8 Å². The fourth-order valence-corrected chi connectivity index (χ4v) is 3.50. The molecule has 1 saturated heterocycles. The van der Waals surface area contributed by atoms with Crippen molar-refractivity contribution in [2.75, 3.05) is 36.2 Å². The number of nitrogens with one attached hydrogen (secondary N) is 2. The summed E-state index contributed by atoms with van der Waals surface area (Å²) in [6, 6.07) is 9.45. The number of aliphatic hydroxyl groups is 1. The molecule has 9 nitrogen and oxygen atoms in total. The van der Waals surface area contributed by atoms with Gasteiger partial charge in [-0.05, 0) is 42.5 Å². The summed E-state index contributed by atoms with van der Waals surface area (Å²) < 4.78 is 0. The zero-order valence-electron chi connectivity index (χ0n) is 17.0. The molecule has 3 rings (SSSR count). The molecule has 2 atom stereocenters. The summed E-state index contributed by atoms with van der Waals surface area (Å²) in [5.74, 6) is -1.56. The molecule has 0 spiro atoms. The number of β-amino-alcohol motifs (C(OH)–C–C–N with tert-alkyl or cyclic N) is 1. The van der Waals surface area contributed by atoms with E-state index in [9.17, 15) is 24.6 Å². The Kier molecular flexibility index (Phi) is 6.67. The maximum Gasteiger partial charge on any atom is 0.335 e. The van der Waals surface area contributed by atoms with E-state index in [2.05, 4.69) is 10.6 Å². The fourth-order valence-electron chi connectivity index (χ4n) is 3.37. The lowest BCUT2D eigenvalue weighted by molar-refractivity contribution is -0.119. The first-order chi connectivity index (χ1) is 14.7. The number of hydrogen-bond donors (Lipinski definition) is 4. The maximum absolute atomic E-state index is 13.0. The van der Waals surface area contributed by atoms with Crippen LogP contribution in [0.4, 0.5) is 21.9 Å². The van der Waals surface area contributed by atoms with E-state index in [4.69, 9.17) is 11.6 Å². The summed E-state index contributed by atoms with van der Waals surface area (Å²) in [5.41, 5.74) is 1.50. The van der Waals surface area contributed by atoms with E-state index in [1.807, 2.05) is 0 Å². The van der Waals surface area contributed by atoms with Crippen LogP contribution in [0.3, 0.4) is 0 Å². The lowest BCUT2D eigenvalue weighted by atomic mass is 10.1. The summed E-state index contributed by atoms with van der Waals surface area (Å²) in [7, 11) is 3.45. The van der Waals surface area contributed by atoms with Crippen LogP contribution in [0.15, 0.2) is 42.5 Å². The van der Waals surface area contributed by atoms with Gasteiger partial charge in [0.2, 0.25) is 5.91 Å². The number of anilines is 3. The SMILES string of the molecule is CN(C)c1cc(C(=O)O)ccc1NC(=O)C1CC(O)CN1C(=O)Nc1ccc(Cl)cc1. The number of carboxylic acid groups (broad SMARTS) is 1. The topological polar surface area (TPSA) is 122 Å². The second kappa shape index (κ2) is 9.23. The Morgan fingerprint density at radius 2 is 1.77 bits per heavy atom. The summed E-state index contributed by atoms with van der Waals surface area (Å²) in [5, 5.41) is 25.3. The number of carboxylic acids is 1. The number of hydrogen-bond acceptors (Lipinski definition) is 5. The highest BCUT2D eigenvalue weighted by molar-refractivity contribution is 6.30. The van der Waals surface area contributed by atoms with Crippen LogP contribution in [0.1, 0.15) is 16.8 Å². The normalized spacial score (nSPS) is 17.9. The Bertz CT molecular complexity index is 996. The van der Waals surface area contributed by atoms with E-state index in [-0.39, 0.29) is 18.5 Å². The monoisotopic (exact) mass is 446 g/mol. The van der Waals surface area contributed by atoms with E-state index in [1.54, 1.807) is 43.3 Å². The predicted octanol–water partition coefficient (Wildman–Crippen LogP) is 2.71. The Morgan fingerprint density at radius 3 is 2.39 bits per heavy atom. The number of carbonyl (C=O) groups is 3. The molecule has 1 heterocycles. The number of rotatable bonds is 5. The van der Waals surface area contributed by atoms with Crippen LogP contribution in [0, 0.1) is 0 Å². The zero-order valence-corrected chi connectivity index (χ0v) is 17.8. The van der Waals surface area contributed by atoms with Gasteiger partial charge in [0.25, 0.3) is 0 Å². The van der Waals surface area contributed by atoms with Gasteiger partial charge in [0.1, 0.15) is 6.04 Å². The van der Waals surface area contributed by atoms with Crippen molar-refractivity contribution in [1.29, 1.82) is 0 Å². The Balaban J connectivity index is 1.77. The molecular weight excluding hydrogens is 424 g/mol. The minimum Gasteiger partial charge on any atom is -0.478 e. The van der Waals surface area contributed by atoms with E-state index < -0.39 is 30.1 Å². The van der Waals surface area contributed by atoms with Crippen molar-refractivity contribution < 1.29 is 24.6 Å². The van der Waals surface area contributed by atoms with Gasteiger partial charge in [0.05, 0.1) is 23.0 Å². The number of carbonyl (C=O) groups excluding carboxylic acids is 2. The van der Waals surface area contributed by atoms with Crippen molar-refractivity contribution in [1.82, 2.24) is 4.90 Å². The quantitative estimate of drug-likeness (QED) is 0.560. The van der Waals surface area contributed by atoms with Crippen molar-refractivity contribution >= 4 is 46.6 Å². The number of aromatic carboxylic acids is 1. The molecule has 3 amide bonds. The van der Waals surface area contributed by atoms with Crippen molar-refractivity contribution in [2.45, 2.75) is 18.6 Å². The first kappa shape index (κ1) is 22.4. The van der Waals surface area contributed by atoms with Gasteiger partial charge < -0.3 is 30.6 Å². The van der Waals surface area contributed by atoms with Crippen LogP contribution in [0.5, 0.6) is 0 Å². The van der Waals surface area contributed by atoms with Crippen molar-refractivity contribution in [3.05, 3.63) is 53.1 Å². The predicted molar refractivity (Wildman–Crippen MR) is 118 cm³/mol. The highest BCUT2D eigenvalue weighted by Crippen LogP contribution is 2.28. The number of halogens is 1. The highest BCUT2D eigenvalue weighted by atomic mass is 35.5. The van der Waals surface area contributed by atoms with Gasteiger partial charge in [-0.3, -0.25) is 4.79 Å². The first-order valence-corrected chi connectivity index (χ1v) is 9.90. The molecule has 1 fully saturated rings. The molecule has 1 aliphatic rings. The number of nitrogens with zero attached hydrogens (tertiary/aromatic N) is 2. The molecule has 0 saturated carbocycles. The molecule has 2 unspecified atom stereocenters. The van der Waals surface area contributed by atoms with Crippen LogP contribution in [0.2, 0.25) is 5.02 Å². The number of likely N-dealkylation sites (tertiary alicyclic amines) is 1. The lowest BCUT2D eigenvalue weighted by Crippen LogP contribution is -2.45. The Labute approximate surface area is 184 Å². The molecule has 0 bridgehead atoms. The van der Waals surface area contributed by atoms with Crippen LogP contribution >= 0.6 is 11.6 Å². The molecule has 0 aromatic heterocycles. The van der Waals surface area contributed by atoms with Gasteiger partial charge >= 0.3 is 12.0 Å². The van der Waals surface area contributed by atoms with Crippen molar-refractivity contribution in [2.24, 2.45) is 0 Å². The molecule has 0 aliphatic carbocycles. The average molecular weight is 447 g/mol. The van der Waals surface area contributed by atoms with E-state index in [0.29, 0.717) is 22.1 Å². The Morgan fingerprint density at radius 1 is 1.10 bits per heavy atom. The average Bonchev–Trinajstić information content (AvgIpc) is 3.11. The highest BCUT2D eigenvalue weighted by Gasteiger charge is 2.39. The fraction of sp³-hybridized carbons (Fsp3) is 0.286. The summed E-state index contributed by atoms with van der Waals surface area (Å²) >= 11 is 5.85. The molecule has 4 N–H and O–H groups in total. The van der Waals surface area contributed by atoms with Crippen molar-refractivity contribution in [3.63, 3.8) is 0 Å². The molecule has 2 aromatic carbocycles. The molecule has 0 radical (unpaired) electrons. The summed E-state index contributed by atoms with van der Waals surface area (Å²) in [6.07, 6.45) is -0.751. The third kappa shape index (κ3) is 5.25. The van der Waals surface area contributed by atoms with Crippen molar-refractivity contribution in [3.8, 4) is 0 Å². The number of amides is 3. The van der Waals surface area contributed by atoms with Gasteiger partial charge in [-0.25, -0.2) is 9.59 Å². The lowest BCUT2D eigenvalue weighted by Gasteiger charge is -2.25. The minimum atomic E-state index is -1.08. The largest absolute Gasteiger partial charge is 0.478 e.